The van der Waals surface area contributed by atoms with Crippen molar-refractivity contribution in [1.82, 2.24) is 4.72 Å². The number of ether oxygens (including phenoxy) is 1. The van der Waals surface area contributed by atoms with Crippen molar-refractivity contribution in [2.75, 3.05) is 7.11 Å². The summed E-state index contributed by atoms with van der Waals surface area (Å²) in [5, 5.41) is 0. The Hall–Kier alpha value is -1.85. The predicted molar refractivity (Wildman–Crippen MR) is 101 cm³/mol. The van der Waals surface area contributed by atoms with Gasteiger partial charge in [-0.1, -0.05) is 44.0 Å². The maximum absolute atomic E-state index is 12.6. The first-order chi connectivity index (χ1) is 12.0. The second-order valence-corrected chi connectivity index (χ2v) is 7.93. The Morgan fingerprint density at radius 3 is 2.44 bits per heavy atom. The van der Waals surface area contributed by atoms with E-state index in [1.165, 1.54) is 18.4 Å². The summed E-state index contributed by atoms with van der Waals surface area (Å²) >= 11 is 0. The summed E-state index contributed by atoms with van der Waals surface area (Å²) in [5.74, 6) is 0.708. The molecule has 1 atom stereocenters. The third-order valence-electron chi connectivity index (χ3n) is 4.23. The second-order valence-electron chi connectivity index (χ2n) is 6.22. The maximum Gasteiger partial charge on any atom is 0.241 e. The highest BCUT2D eigenvalue weighted by Gasteiger charge is 2.18. The first kappa shape index (κ1) is 19.5. The van der Waals surface area contributed by atoms with Crippen LogP contribution in [0.4, 0.5) is 0 Å². The first-order valence-electron chi connectivity index (χ1n) is 8.71. The van der Waals surface area contributed by atoms with Crippen molar-refractivity contribution < 1.29 is 13.2 Å². The van der Waals surface area contributed by atoms with Gasteiger partial charge in [0.25, 0.3) is 0 Å². The van der Waals surface area contributed by atoms with Crippen LogP contribution in [0.2, 0.25) is 0 Å². The number of hydrogen-bond acceptors (Lipinski definition) is 3. The molecule has 0 saturated carbocycles. The minimum Gasteiger partial charge on any atom is -0.497 e. The van der Waals surface area contributed by atoms with Gasteiger partial charge < -0.3 is 4.74 Å². The molecule has 0 saturated heterocycles. The molecule has 2 aromatic carbocycles. The number of aryl methyl sites for hydroxylation is 1. The van der Waals surface area contributed by atoms with Gasteiger partial charge in [0, 0.05) is 6.04 Å². The van der Waals surface area contributed by atoms with E-state index in [2.05, 4.69) is 11.6 Å². The average Bonchev–Trinajstić information content (AvgIpc) is 2.62. The van der Waals surface area contributed by atoms with E-state index in [1.807, 2.05) is 43.3 Å². The third-order valence-corrected chi connectivity index (χ3v) is 5.79. The van der Waals surface area contributed by atoms with Crippen LogP contribution in [0, 0.1) is 0 Å². The number of methoxy groups -OCH3 is 1. The Kier molecular flexibility index (Phi) is 7.02. The van der Waals surface area contributed by atoms with Crippen LogP contribution in [0.1, 0.15) is 50.3 Å². The van der Waals surface area contributed by atoms with Crippen molar-refractivity contribution in [3.8, 4) is 5.75 Å². The van der Waals surface area contributed by atoms with Crippen LogP contribution in [0.25, 0.3) is 0 Å². The second kappa shape index (κ2) is 9.02. The van der Waals surface area contributed by atoms with Crippen molar-refractivity contribution in [3.63, 3.8) is 0 Å². The SMILES string of the molecule is CCCCCc1ccc(S(=O)(=O)N[C@H](C)c2cccc(OC)c2)cc1. The number of unbranched alkanes of at least 4 members (excludes halogenated alkanes) is 2. The molecule has 2 aromatic rings. The zero-order valence-electron chi connectivity index (χ0n) is 15.2. The van der Waals surface area contributed by atoms with E-state index in [4.69, 9.17) is 4.74 Å². The maximum atomic E-state index is 12.6. The van der Waals surface area contributed by atoms with E-state index >= 15 is 0 Å². The summed E-state index contributed by atoms with van der Waals surface area (Å²) in [6, 6.07) is 14.2. The van der Waals surface area contributed by atoms with Crippen molar-refractivity contribution in [2.24, 2.45) is 0 Å². The number of rotatable bonds is 9. The van der Waals surface area contributed by atoms with Crippen LogP contribution >= 0.6 is 0 Å². The molecule has 136 valence electrons. The van der Waals surface area contributed by atoms with Gasteiger partial charge in [0.1, 0.15) is 5.75 Å². The van der Waals surface area contributed by atoms with E-state index < -0.39 is 10.0 Å². The van der Waals surface area contributed by atoms with Crippen molar-refractivity contribution >= 4 is 10.0 Å². The Labute approximate surface area is 151 Å². The lowest BCUT2D eigenvalue weighted by Crippen LogP contribution is -2.26. The van der Waals surface area contributed by atoms with Gasteiger partial charge in [-0.05, 0) is 55.2 Å². The molecule has 4 nitrogen and oxygen atoms in total. The number of nitrogens with one attached hydrogen (secondary N) is 1. The van der Waals surface area contributed by atoms with Gasteiger partial charge in [-0.15, -0.1) is 0 Å². The molecule has 0 bridgehead atoms. The predicted octanol–water partition coefficient (Wildman–Crippen LogP) is 4.47. The Morgan fingerprint density at radius 2 is 1.80 bits per heavy atom. The van der Waals surface area contributed by atoms with Crippen LogP contribution in [0.15, 0.2) is 53.4 Å². The first-order valence-corrected chi connectivity index (χ1v) is 10.2. The van der Waals surface area contributed by atoms with E-state index in [0.717, 1.165) is 18.4 Å². The van der Waals surface area contributed by atoms with E-state index in [1.54, 1.807) is 19.2 Å². The normalized spacial score (nSPS) is 12.8. The fourth-order valence-electron chi connectivity index (χ4n) is 2.69. The van der Waals surface area contributed by atoms with Crippen LogP contribution < -0.4 is 9.46 Å². The molecule has 0 heterocycles. The van der Waals surface area contributed by atoms with Crippen molar-refractivity contribution in [2.45, 2.75) is 50.5 Å². The Bertz CT molecular complexity index is 770. The molecule has 0 unspecified atom stereocenters. The molecule has 1 N–H and O–H groups in total. The summed E-state index contributed by atoms with van der Waals surface area (Å²) in [4.78, 5) is 0.293. The molecule has 0 aromatic heterocycles. The summed E-state index contributed by atoms with van der Waals surface area (Å²) in [6.07, 6.45) is 4.49. The zero-order chi connectivity index (χ0) is 18.3. The Morgan fingerprint density at radius 1 is 1.08 bits per heavy atom. The van der Waals surface area contributed by atoms with E-state index in [0.29, 0.717) is 10.6 Å². The molecule has 0 aliphatic heterocycles. The zero-order valence-corrected chi connectivity index (χ0v) is 16.0. The fraction of sp³-hybridized carbons (Fsp3) is 0.400. The Balaban J connectivity index is 2.07. The molecule has 0 spiro atoms. The van der Waals surface area contributed by atoms with Gasteiger partial charge >= 0.3 is 0 Å². The highest BCUT2D eigenvalue weighted by molar-refractivity contribution is 7.89. The van der Waals surface area contributed by atoms with Gasteiger partial charge in [0.05, 0.1) is 12.0 Å². The molecule has 0 radical (unpaired) electrons. The average molecular weight is 362 g/mol. The molecule has 0 amide bonds. The topological polar surface area (TPSA) is 55.4 Å². The van der Waals surface area contributed by atoms with Gasteiger partial charge in [0.2, 0.25) is 10.0 Å². The quantitative estimate of drug-likeness (QED) is 0.671. The molecule has 0 fully saturated rings. The van der Waals surface area contributed by atoms with Crippen LogP contribution in [-0.2, 0) is 16.4 Å². The largest absolute Gasteiger partial charge is 0.497 e. The van der Waals surface area contributed by atoms with Gasteiger partial charge in [-0.3, -0.25) is 0 Å². The molecule has 25 heavy (non-hydrogen) atoms. The molecule has 0 aliphatic rings. The van der Waals surface area contributed by atoms with Crippen molar-refractivity contribution in [1.29, 1.82) is 0 Å². The van der Waals surface area contributed by atoms with Crippen LogP contribution in [0.5, 0.6) is 5.75 Å². The third kappa shape index (κ3) is 5.58. The standard InChI is InChI=1S/C20H27NO3S/c1-4-5-6-8-17-11-13-20(14-12-17)25(22,23)21-16(2)18-9-7-10-19(15-18)24-3/h7,9-16,21H,4-6,8H2,1-3H3/t16-/m1/s1. The number of hydrogen-bond donors (Lipinski definition) is 1. The minimum atomic E-state index is -3.56. The monoisotopic (exact) mass is 361 g/mol. The number of sulfonamides is 1. The van der Waals surface area contributed by atoms with Gasteiger partial charge in [0.15, 0.2) is 0 Å². The van der Waals surface area contributed by atoms with E-state index in [9.17, 15) is 8.42 Å². The van der Waals surface area contributed by atoms with Crippen LogP contribution in [0.3, 0.4) is 0 Å². The lowest BCUT2D eigenvalue weighted by atomic mass is 10.1. The number of benzene rings is 2. The lowest BCUT2D eigenvalue weighted by Gasteiger charge is -2.15. The molecule has 0 aliphatic carbocycles. The summed E-state index contributed by atoms with van der Waals surface area (Å²) in [5.41, 5.74) is 2.03. The summed E-state index contributed by atoms with van der Waals surface area (Å²) in [6.45, 7) is 4.00. The highest BCUT2D eigenvalue weighted by Crippen LogP contribution is 2.21. The molecular formula is C20H27NO3S. The van der Waals surface area contributed by atoms with Crippen molar-refractivity contribution in [3.05, 3.63) is 59.7 Å². The lowest BCUT2D eigenvalue weighted by molar-refractivity contribution is 0.413. The molecular weight excluding hydrogens is 334 g/mol. The van der Waals surface area contributed by atoms with Gasteiger partial charge in [-0.25, -0.2) is 13.1 Å². The highest BCUT2D eigenvalue weighted by atomic mass is 32.2. The van der Waals surface area contributed by atoms with Crippen LogP contribution in [-0.4, -0.2) is 15.5 Å². The molecule has 5 heteroatoms. The molecule has 2 rings (SSSR count). The fourth-order valence-corrected chi connectivity index (χ4v) is 3.93. The van der Waals surface area contributed by atoms with E-state index in [-0.39, 0.29) is 6.04 Å². The summed E-state index contributed by atoms with van der Waals surface area (Å²) < 4.78 is 33.1. The van der Waals surface area contributed by atoms with Gasteiger partial charge in [-0.2, -0.15) is 0 Å². The minimum absolute atomic E-state index is 0.293. The summed E-state index contributed by atoms with van der Waals surface area (Å²) in [7, 11) is -1.97. The smallest absolute Gasteiger partial charge is 0.241 e.